The van der Waals surface area contributed by atoms with E-state index >= 15 is 0 Å². The van der Waals surface area contributed by atoms with Crippen LogP contribution in [0.15, 0.2) is 36.5 Å². The number of rotatable bonds is 6. The van der Waals surface area contributed by atoms with Gasteiger partial charge < -0.3 is 9.47 Å². The van der Waals surface area contributed by atoms with Crippen LogP contribution >= 0.6 is 0 Å². The molecule has 1 saturated heterocycles. The van der Waals surface area contributed by atoms with Gasteiger partial charge in [0, 0.05) is 24.8 Å². The number of hydrogen-bond donors (Lipinski definition) is 0. The third kappa shape index (κ3) is 4.52. The molecule has 2 aromatic rings. The van der Waals surface area contributed by atoms with Crippen LogP contribution in [0, 0.1) is 11.6 Å². The predicted octanol–water partition coefficient (Wildman–Crippen LogP) is 3.55. The summed E-state index contributed by atoms with van der Waals surface area (Å²) in [6.07, 6.45) is 3.70. The van der Waals surface area contributed by atoms with Crippen molar-refractivity contribution in [2.45, 2.75) is 32.1 Å². The molecule has 25 heavy (non-hydrogen) atoms. The summed E-state index contributed by atoms with van der Waals surface area (Å²) < 4.78 is 38.8. The van der Waals surface area contributed by atoms with Gasteiger partial charge in [-0.25, -0.2) is 8.78 Å². The largest absolute Gasteiger partial charge is 0.496 e. The topological polar surface area (TPSA) is 34.6 Å². The fourth-order valence-electron chi connectivity index (χ4n) is 3.12. The van der Waals surface area contributed by atoms with Crippen LogP contribution in [-0.4, -0.2) is 36.2 Å². The van der Waals surface area contributed by atoms with E-state index in [9.17, 15) is 8.78 Å². The number of methoxy groups -OCH3 is 1. The Morgan fingerprint density at radius 1 is 1.24 bits per heavy atom. The van der Waals surface area contributed by atoms with Crippen molar-refractivity contribution in [1.82, 2.24) is 9.88 Å². The Hall–Kier alpha value is -2.05. The highest BCUT2D eigenvalue weighted by atomic mass is 19.2. The number of nitrogens with zero attached hydrogens (tertiary/aromatic N) is 2. The first-order chi connectivity index (χ1) is 12.2. The van der Waals surface area contributed by atoms with Crippen molar-refractivity contribution < 1.29 is 18.3 Å². The molecule has 3 rings (SSSR count). The minimum Gasteiger partial charge on any atom is -0.496 e. The number of aromatic nitrogens is 1. The molecule has 0 N–H and O–H groups in total. The lowest BCUT2D eigenvalue weighted by Crippen LogP contribution is -2.39. The molecule has 1 fully saturated rings. The summed E-state index contributed by atoms with van der Waals surface area (Å²) in [5.41, 5.74) is 1.14. The minimum absolute atomic E-state index is 0.0540. The highest BCUT2D eigenvalue weighted by Gasteiger charge is 2.24. The first-order valence-electron chi connectivity index (χ1n) is 8.42. The SMILES string of the molecule is COc1ccc(F)c(F)c1CN1CCC[C@H](OCc2ccccn2)C1. The number of ether oxygens (including phenoxy) is 2. The summed E-state index contributed by atoms with van der Waals surface area (Å²) in [7, 11) is 1.46. The highest BCUT2D eigenvalue weighted by molar-refractivity contribution is 5.35. The van der Waals surface area contributed by atoms with E-state index in [-0.39, 0.29) is 11.7 Å². The van der Waals surface area contributed by atoms with E-state index in [1.165, 1.54) is 13.2 Å². The van der Waals surface area contributed by atoms with E-state index in [1.807, 2.05) is 18.2 Å². The van der Waals surface area contributed by atoms with Crippen molar-refractivity contribution in [3.05, 3.63) is 59.4 Å². The van der Waals surface area contributed by atoms with Crippen molar-refractivity contribution >= 4 is 0 Å². The standard InChI is InChI=1S/C19H22F2N2O2/c1-24-18-8-7-17(20)19(21)16(18)12-23-10-4-6-15(11-23)25-13-14-5-2-3-9-22-14/h2-3,5,7-9,15H,4,6,10-13H2,1H3/t15-/m0/s1. The molecule has 0 aliphatic carbocycles. The van der Waals surface area contributed by atoms with Crippen LogP contribution in [0.25, 0.3) is 0 Å². The van der Waals surface area contributed by atoms with Crippen molar-refractivity contribution in [3.8, 4) is 5.75 Å². The average Bonchev–Trinajstić information content (AvgIpc) is 2.65. The zero-order valence-electron chi connectivity index (χ0n) is 14.3. The van der Waals surface area contributed by atoms with Gasteiger partial charge in [-0.05, 0) is 43.7 Å². The maximum atomic E-state index is 14.1. The van der Waals surface area contributed by atoms with Gasteiger partial charge in [-0.15, -0.1) is 0 Å². The molecular weight excluding hydrogens is 326 g/mol. The third-order valence-electron chi connectivity index (χ3n) is 4.41. The lowest BCUT2D eigenvalue weighted by molar-refractivity contribution is -0.0136. The second kappa shape index (κ2) is 8.36. The van der Waals surface area contributed by atoms with E-state index in [0.29, 0.717) is 25.4 Å². The van der Waals surface area contributed by atoms with Gasteiger partial charge in [-0.3, -0.25) is 9.88 Å². The molecule has 1 aliphatic heterocycles. The molecule has 0 unspecified atom stereocenters. The van der Waals surface area contributed by atoms with Gasteiger partial charge >= 0.3 is 0 Å². The van der Waals surface area contributed by atoms with E-state index in [2.05, 4.69) is 9.88 Å². The monoisotopic (exact) mass is 348 g/mol. The molecule has 1 aliphatic rings. The molecule has 0 saturated carbocycles. The second-order valence-corrected chi connectivity index (χ2v) is 6.17. The molecule has 134 valence electrons. The Kier molecular flexibility index (Phi) is 5.94. The van der Waals surface area contributed by atoms with Gasteiger partial charge in [-0.2, -0.15) is 0 Å². The Labute approximate surface area is 146 Å². The summed E-state index contributed by atoms with van der Waals surface area (Å²) in [5, 5.41) is 0. The van der Waals surface area contributed by atoms with Gasteiger partial charge in [-0.1, -0.05) is 6.07 Å². The van der Waals surface area contributed by atoms with E-state index < -0.39 is 11.6 Å². The molecule has 0 bridgehead atoms. The molecule has 0 amide bonds. The second-order valence-electron chi connectivity index (χ2n) is 6.17. The number of likely N-dealkylation sites (tertiary alicyclic amines) is 1. The average molecular weight is 348 g/mol. The molecule has 0 radical (unpaired) electrons. The van der Waals surface area contributed by atoms with Crippen molar-refractivity contribution in [2.24, 2.45) is 0 Å². The summed E-state index contributed by atoms with van der Waals surface area (Å²) in [4.78, 5) is 6.32. The predicted molar refractivity (Wildman–Crippen MR) is 90.2 cm³/mol. The zero-order chi connectivity index (χ0) is 17.6. The maximum absolute atomic E-state index is 14.1. The molecule has 1 aromatic heterocycles. The van der Waals surface area contributed by atoms with Crippen LogP contribution in [0.5, 0.6) is 5.75 Å². The highest BCUT2D eigenvalue weighted by Crippen LogP contribution is 2.26. The van der Waals surface area contributed by atoms with Gasteiger partial charge in [0.15, 0.2) is 11.6 Å². The lowest BCUT2D eigenvalue weighted by atomic mass is 10.1. The zero-order valence-corrected chi connectivity index (χ0v) is 14.3. The van der Waals surface area contributed by atoms with Crippen molar-refractivity contribution in [2.75, 3.05) is 20.2 Å². The summed E-state index contributed by atoms with van der Waals surface area (Å²) in [6, 6.07) is 8.28. The lowest BCUT2D eigenvalue weighted by Gasteiger charge is -2.33. The first kappa shape index (κ1) is 17.8. The number of benzene rings is 1. The van der Waals surface area contributed by atoms with Crippen molar-refractivity contribution in [1.29, 1.82) is 0 Å². The first-order valence-corrected chi connectivity index (χ1v) is 8.42. The molecule has 0 spiro atoms. The number of piperidine rings is 1. The van der Waals surface area contributed by atoms with Gasteiger partial charge in [0.2, 0.25) is 0 Å². The summed E-state index contributed by atoms with van der Waals surface area (Å²) in [6.45, 7) is 2.25. The van der Waals surface area contributed by atoms with Gasteiger partial charge in [0.05, 0.1) is 25.5 Å². The molecular formula is C19H22F2N2O2. The summed E-state index contributed by atoms with van der Waals surface area (Å²) >= 11 is 0. The Morgan fingerprint density at radius 3 is 2.88 bits per heavy atom. The number of halogens is 2. The Balaban J connectivity index is 1.61. The van der Waals surface area contributed by atoms with E-state index in [0.717, 1.165) is 31.1 Å². The summed E-state index contributed by atoms with van der Waals surface area (Å²) in [5.74, 6) is -1.32. The Bertz CT molecular complexity index is 697. The molecule has 4 nitrogen and oxygen atoms in total. The maximum Gasteiger partial charge on any atom is 0.167 e. The normalized spacial score (nSPS) is 18.3. The van der Waals surface area contributed by atoms with E-state index in [1.54, 1.807) is 6.20 Å². The van der Waals surface area contributed by atoms with Crippen LogP contribution in [0.2, 0.25) is 0 Å². The smallest absolute Gasteiger partial charge is 0.167 e. The Morgan fingerprint density at radius 2 is 2.12 bits per heavy atom. The fraction of sp³-hybridized carbons (Fsp3) is 0.421. The van der Waals surface area contributed by atoms with Gasteiger partial charge in [0.25, 0.3) is 0 Å². The quantitative estimate of drug-likeness (QED) is 0.800. The molecule has 2 heterocycles. The van der Waals surface area contributed by atoms with Crippen LogP contribution in [-0.2, 0) is 17.9 Å². The van der Waals surface area contributed by atoms with Crippen LogP contribution in [0.1, 0.15) is 24.1 Å². The third-order valence-corrected chi connectivity index (χ3v) is 4.41. The van der Waals surface area contributed by atoms with Crippen LogP contribution in [0.3, 0.4) is 0 Å². The molecule has 1 aromatic carbocycles. The van der Waals surface area contributed by atoms with Gasteiger partial charge in [0.1, 0.15) is 5.75 Å². The van der Waals surface area contributed by atoms with Crippen LogP contribution in [0.4, 0.5) is 8.78 Å². The number of pyridine rings is 1. The number of hydrogen-bond acceptors (Lipinski definition) is 4. The minimum atomic E-state index is -0.851. The fourth-order valence-corrected chi connectivity index (χ4v) is 3.12. The van der Waals surface area contributed by atoms with Crippen LogP contribution < -0.4 is 4.74 Å². The van der Waals surface area contributed by atoms with Crippen molar-refractivity contribution in [3.63, 3.8) is 0 Å². The van der Waals surface area contributed by atoms with E-state index in [4.69, 9.17) is 9.47 Å². The molecule has 6 heteroatoms. The molecule has 1 atom stereocenters.